The SMILES string of the molecule is C=CCNc1cccc2cccc(-c3ccc(Cl)cc3)c12. The van der Waals surface area contributed by atoms with E-state index in [9.17, 15) is 0 Å². The van der Waals surface area contributed by atoms with Crippen molar-refractivity contribution < 1.29 is 0 Å². The summed E-state index contributed by atoms with van der Waals surface area (Å²) in [6, 6.07) is 20.6. The van der Waals surface area contributed by atoms with Gasteiger partial charge in [-0.25, -0.2) is 0 Å². The lowest BCUT2D eigenvalue weighted by Crippen LogP contribution is -1.99. The van der Waals surface area contributed by atoms with Crippen molar-refractivity contribution in [2.45, 2.75) is 0 Å². The molecule has 0 saturated carbocycles. The van der Waals surface area contributed by atoms with Crippen LogP contribution in [0.15, 0.2) is 73.3 Å². The second kappa shape index (κ2) is 6.02. The molecule has 0 heterocycles. The Labute approximate surface area is 129 Å². The summed E-state index contributed by atoms with van der Waals surface area (Å²) in [6.45, 7) is 4.51. The fourth-order valence-corrected chi connectivity index (χ4v) is 2.67. The molecule has 0 aliphatic heterocycles. The Morgan fingerprint density at radius 1 is 0.952 bits per heavy atom. The molecule has 0 unspecified atom stereocenters. The molecule has 0 radical (unpaired) electrons. The van der Waals surface area contributed by atoms with Crippen molar-refractivity contribution in [3.8, 4) is 11.1 Å². The predicted octanol–water partition coefficient (Wildman–Crippen LogP) is 5.76. The smallest absolute Gasteiger partial charge is 0.0428 e. The first kappa shape index (κ1) is 13.7. The quantitative estimate of drug-likeness (QED) is 0.603. The fourth-order valence-electron chi connectivity index (χ4n) is 2.54. The second-order valence-corrected chi connectivity index (χ2v) is 5.32. The van der Waals surface area contributed by atoms with E-state index in [0.717, 1.165) is 22.8 Å². The van der Waals surface area contributed by atoms with Crippen LogP contribution < -0.4 is 5.32 Å². The summed E-state index contributed by atoms with van der Waals surface area (Å²) in [5.74, 6) is 0. The highest BCUT2D eigenvalue weighted by Crippen LogP contribution is 2.34. The van der Waals surface area contributed by atoms with Crippen LogP contribution in [0.25, 0.3) is 21.9 Å². The van der Waals surface area contributed by atoms with E-state index in [0.29, 0.717) is 0 Å². The molecule has 3 aromatic carbocycles. The van der Waals surface area contributed by atoms with Crippen LogP contribution in [-0.4, -0.2) is 6.54 Å². The van der Waals surface area contributed by atoms with Crippen LogP contribution in [-0.2, 0) is 0 Å². The molecule has 0 bridgehead atoms. The van der Waals surface area contributed by atoms with Gasteiger partial charge < -0.3 is 5.32 Å². The minimum Gasteiger partial charge on any atom is -0.381 e. The van der Waals surface area contributed by atoms with Gasteiger partial charge in [0, 0.05) is 22.6 Å². The zero-order valence-corrected chi connectivity index (χ0v) is 12.4. The summed E-state index contributed by atoms with van der Waals surface area (Å²) >= 11 is 5.99. The number of halogens is 1. The van der Waals surface area contributed by atoms with Crippen LogP contribution >= 0.6 is 11.6 Å². The van der Waals surface area contributed by atoms with Crippen molar-refractivity contribution >= 4 is 28.1 Å². The number of anilines is 1. The second-order valence-electron chi connectivity index (χ2n) is 4.89. The fraction of sp³-hybridized carbons (Fsp3) is 0.0526. The molecule has 0 atom stereocenters. The highest BCUT2D eigenvalue weighted by molar-refractivity contribution is 6.30. The normalized spacial score (nSPS) is 10.5. The van der Waals surface area contributed by atoms with Gasteiger partial charge in [-0.2, -0.15) is 0 Å². The molecule has 21 heavy (non-hydrogen) atoms. The molecule has 0 aliphatic rings. The molecule has 2 heteroatoms. The topological polar surface area (TPSA) is 12.0 Å². The molecule has 1 N–H and O–H groups in total. The third-order valence-electron chi connectivity index (χ3n) is 3.50. The Balaban J connectivity index is 2.21. The Morgan fingerprint density at radius 2 is 1.67 bits per heavy atom. The summed E-state index contributed by atoms with van der Waals surface area (Å²) in [5.41, 5.74) is 3.49. The number of rotatable bonds is 4. The summed E-state index contributed by atoms with van der Waals surface area (Å²) < 4.78 is 0. The highest BCUT2D eigenvalue weighted by Gasteiger charge is 2.07. The maximum atomic E-state index is 5.99. The maximum absolute atomic E-state index is 5.99. The first-order valence-electron chi connectivity index (χ1n) is 6.92. The first-order chi connectivity index (χ1) is 10.3. The molecular weight excluding hydrogens is 278 g/mol. The van der Waals surface area contributed by atoms with Crippen molar-refractivity contribution in [2.24, 2.45) is 0 Å². The van der Waals surface area contributed by atoms with Gasteiger partial charge >= 0.3 is 0 Å². The standard InChI is InChI=1S/C19H16ClN/c1-2-13-21-18-8-4-6-15-5-3-7-17(19(15)18)14-9-11-16(20)12-10-14/h2-12,21H,1,13H2. The number of hydrogen-bond donors (Lipinski definition) is 1. The minimum absolute atomic E-state index is 0.744. The molecule has 3 rings (SSSR count). The largest absolute Gasteiger partial charge is 0.381 e. The Kier molecular flexibility index (Phi) is 3.94. The van der Waals surface area contributed by atoms with Crippen LogP contribution in [0.3, 0.4) is 0 Å². The van der Waals surface area contributed by atoms with Crippen molar-refractivity contribution in [1.82, 2.24) is 0 Å². The summed E-state index contributed by atoms with van der Waals surface area (Å²) in [6.07, 6.45) is 1.86. The van der Waals surface area contributed by atoms with E-state index >= 15 is 0 Å². The van der Waals surface area contributed by atoms with Crippen molar-refractivity contribution in [1.29, 1.82) is 0 Å². The molecule has 104 valence electrons. The molecule has 0 saturated heterocycles. The Bertz CT molecular complexity index is 770. The lowest BCUT2D eigenvalue weighted by molar-refractivity contribution is 1.36. The van der Waals surface area contributed by atoms with Crippen molar-refractivity contribution in [2.75, 3.05) is 11.9 Å². The van der Waals surface area contributed by atoms with Crippen LogP contribution in [0.1, 0.15) is 0 Å². The maximum Gasteiger partial charge on any atom is 0.0428 e. The van der Waals surface area contributed by atoms with E-state index < -0.39 is 0 Å². The van der Waals surface area contributed by atoms with Gasteiger partial charge in [-0.05, 0) is 34.7 Å². The predicted molar refractivity (Wildman–Crippen MR) is 93.1 cm³/mol. The molecule has 3 aromatic rings. The first-order valence-corrected chi connectivity index (χ1v) is 7.30. The summed E-state index contributed by atoms with van der Waals surface area (Å²) in [5, 5.41) is 6.61. The van der Waals surface area contributed by atoms with Gasteiger partial charge in [0.25, 0.3) is 0 Å². The van der Waals surface area contributed by atoms with Crippen molar-refractivity contribution in [3.05, 3.63) is 78.3 Å². The number of benzene rings is 3. The van der Waals surface area contributed by atoms with Crippen LogP contribution in [0.5, 0.6) is 0 Å². The summed E-state index contributed by atoms with van der Waals surface area (Å²) in [7, 11) is 0. The Hall–Kier alpha value is -2.25. The van der Waals surface area contributed by atoms with Gasteiger partial charge in [0.2, 0.25) is 0 Å². The molecule has 0 aromatic heterocycles. The molecule has 1 nitrogen and oxygen atoms in total. The van der Waals surface area contributed by atoms with Gasteiger partial charge in [-0.3, -0.25) is 0 Å². The lowest BCUT2D eigenvalue weighted by atomic mass is 9.97. The lowest BCUT2D eigenvalue weighted by Gasteiger charge is -2.13. The van der Waals surface area contributed by atoms with E-state index in [-0.39, 0.29) is 0 Å². The minimum atomic E-state index is 0.744. The van der Waals surface area contributed by atoms with E-state index in [1.54, 1.807) is 0 Å². The van der Waals surface area contributed by atoms with E-state index in [4.69, 9.17) is 11.6 Å². The van der Waals surface area contributed by atoms with Gasteiger partial charge in [-0.15, -0.1) is 6.58 Å². The van der Waals surface area contributed by atoms with Crippen LogP contribution in [0.2, 0.25) is 5.02 Å². The molecule has 0 spiro atoms. The average Bonchev–Trinajstić information content (AvgIpc) is 2.53. The zero-order chi connectivity index (χ0) is 14.7. The third kappa shape index (κ3) is 2.79. The molecule has 0 aliphatic carbocycles. The highest BCUT2D eigenvalue weighted by atomic mass is 35.5. The third-order valence-corrected chi connectivity index (χ3v) is 3.75. The Morgan fingerprint density at radius 3 is 2.38 bits per heavy atom. The zero-order valence-electron chi connectivity index (χ0n) is 11.6. The molecular formula is C19H16ClN. The monoisotopic (exact) mass is 293 g/mol. The van der Waals surface area contributed by atoms with E-state index in [2.05, 4.69) is 60.4 Å². The number of fused-ring (bicyclic) bond motifs is 1. The van der Waals surface area contributed by atoms with Crippen LogP contribution in [0.4, 0.5) is 5.69 Å². The van der Waals surface area contributed by atoms with Gasteiger partial charge in [0.15, 0.2) is 0 Å². The van der Waals surface area contributed by atoms with E-state index in [1.807, 2.05) is 18.2 Å². The van der Waals surface area contributed by atoms with E-state index in [1.165, 1.54) is 16.3 Å². The summed E-state index contributed by atoms with van der Waals surface area (Å²) in [4.78, 5) is 0. The van der Waals surface area contributed by atoms with Gasteiger partial charge in [0.05, 0.1) is 0 Å². The number of hydrogen-bond acceptors (Lipinski definition) is 1. The molecule has 0 fully saturated rings. The van der Waals surface area contributed by atoms with Gasteiger partial charge in [-0.1, -0.05) is 60.1 Å². The molecule has 0 amide bonds. The van der Waals surface area contributed by atoms with Crippen LogP contribution in [0, 0.1) is 0 Å². The number of nitrogens with one attached hydrogen (secondary N) is 1. The van der Waals surface area contributed by atoms with Gasteiger partial charge in [0.1, 0.15) is 0 Å². The average molecular weight is 294 g/mol. The van der Waals surface area contributed by atoms with Crippen molar-refractivity contribution in [3.63, 3.8) is 0 Å².